The number of halogens is 3. The minimum atomic E-state index is -4.86. The molecule has 1 N–H and O–H groups in total. The normalized spacial score (nSPS) is 21.8. The Morgan fingerprint density at radius 1 is 1.21 bits per heavy atom. The minimum Gasteiger partial charge on any atom is -0.425 e. The summed E-state index contributed by atoms with van der Waals surface area (Å²) in [5.41, 5.74) is -2.28. The third-order valence-electron chi connectivity index (χ3n) is 5.51. The van der Waals surface area contributed by atoms with Crippen molar-refractivity contribution in [3.63, 3.8) is 0 Å². The first kappa shape index (κ1) is 22.8. The number of nitrogens with zero attached hydrogens (tertiary/aromatic N) is 4. The number of carbonyl (C=O) groups excluding carboxylic acids is 1. The molecular weight excluding hydrogens is 463 g/mol. The van der Waals surface area contributed by atoms with Crippen LogP contribution in [0.1, 0.15) is 24.8 Å². The van der Waals surface area contributed by atoms with E-state index in [4.69, 9.17) is 10.00 Å². The molecule has 1 aromatic carbocycles. The molecular formula is C20H18F3N5O4S. The lowest BCUT2D eigenvalue weighted by atomic mass is 10.2. The average molecular weight is 481 g/mol. The van der Waals surface area contributed by atoms with Crippen molar-refractivity contribution in [1.82, 2.24) is 15.3 Å². The maximum atomic E-state index is 13.5. The van der Waals surface area contributed by atoms with Gasteiger partial charge in [0, 0.05) is 25.4 Å². The summed E-state index contributed by atoms with van der Waals surface area (Å²) in [6.07, 6.45) is -3.56. The van der Waals surface area contributed by atoms with Gasteiger partial charge in [0.25, 0.3) is 0 Å². The van der Waals surface area contributed by atoms with Crippen molar-refractivity contribution in [3.8, 4) is 6.07 Å². The molecule has 1 aliphatic heterocycles. The number of hydrogen-bond donors (Lipinski definition) is 1. The molecule has 1 saturated carbocycles. The maximum absolute atomic E-state index is 13.5. The monoisotopic (exact) mass is 481 g/mol. The predicted molar refractivity (Wildman–Crippen MR) is 107 cm³/mol. The fraction of sp³-hybridized carbons (Fsp3) is 0.400. The number of benzene rings is 1. The number of alkyl carbamates (subject to hydrolysis) is 1. The highest BCUT2D eigenvalue weighted by molar-refractivity contribution is 7.92. The Bertz CT molecular complexity index is 1200. The molecule has 13 heteroatoms. The maximum Gasteiger partial charge on any atom is 0.417 e. The first-order valence-corrected chi connectivity index (χ1v) is 11.4. The van der Waals surface area contributed by atoms with E-state index < -0.39 is 49.6 Å². The molecule has 174 valence electrons. The van der Waals surface area contributed by atoms with Crippen molar-refractivity contribution in [2.75, 3.05) is 11.4 Å². The van der Waals surface area contributed by atoms with Gasteiger partial charge >= 0.3 is 12.3 Å². The Hall–Kier alpha value is -3.40. The molecule has 0 radical (unpaired) electrons. The van der Waals surface area contributed by atoms with Crippen LogP contribution in [0.2, 0.25) is 0 Å². The molecule has 0 spiro atoms. The van der Waals surface area contributed by atoms with Gasteiger partial charge in [-0.3, -0.25) is 0 Å². The third kappa shape index (κ3) is 4.56. The number of ether oxygens (including phenoxy) is 1. The molecule has 2 heterocycles. The quantitative estimate of drug-likeness (QED) is 0.691. The highest BCUT2D eigenvalue weighted by atomic mass is 32.2. The second-order valence-corrected chi connectivity index (χ2v) is 9.97. The van der Waals surface area contributed by atoms with E-state index in [1.54, 1.807) is 0 Å². The molecule has 1 aliphatic carbocycles. The largest absolute Gasteiger partial charge is 0.425 e. The molecule has 9 nitrogen and oxygen atoms in total. The van der Waals surface area contributed by atoms with Crippen LogP contribution in [-0.4, -0.2) is 48.0 Å². The van der Waals surface area contributed by atoms with Gasteiger partial charge in [-0.25, -0.2) is 23.2 Å². The van der Waals surface area contributed by atoms with Crippen molar-refractivity contribution in [2.45, 2.75) is 47.4 Å². The van der Waals surface area contributed by atoms with Crippen LogP contribution in [-0.2, 0) is 20.8 Å². The van der Waals surface area contributed by atoms with Gasteiger partial charge < -0.3 is 15.0 Å². The van der Waals surface area contributed by atoms with Gasteiger partial charge in [0.1, 0.15) is 5.54 Å². The zero-order valence-electron chi connectivity index (χ0n) is 17.0. The first-order chi connectivity index (χ1) is 15.6. The molecule has 2 atom stereocenters. The Morgan fingerprint density at radius 2 is 1.88 bits per heavy atom. The number of sulfone groups is 1. The highest BCUT2D eigenvalue weighted by Gasteiger charge is 2.48. The standard InChI is InChI=1S/C20H18F3N5O4S/c21-20(22,23)14-4-1-2-5-15(14)33(30,31)13-10-16(28(11-13)17-25-8-3-9-26-17)32-18(29)27-19(12-24)6-7-19/h1-5,8-9,13,16H,6-7,10-11H2,(H,27,29)/t13-,16+/m1/s1. The van der Waals surface area contributed by atoms with Gasteiger partial charge in [0.2, 0.25) is 5.95 Å². The summed E-state index contributed by atoms with van der Waals surface area (Å²) >= 11 is 0. The number of hydrogen-bond acceptors (Lipinski definition) is 8. The number of anilines is 1. The lowest BCUT2D eigenvalue weighted by molar-refractivity contribution is -0.139. The molecule has 1 amide bonds. The summed E-state index contributed by atoms with van der Waals surface area (Å²) in [6.45, 7) is -0.292. The van der Waals surface area contributed by atoms with Crippen LogP contribution in [0, 0.1) is 11.3 Å². The number of rotatable bonds is 5. The van der Waals surface area contributed by atoms with Gasteiger partial charge in [0.05, 0.1) is 21.8 Å². The fourth-order valence-corrected chi connectivity index (χ4v) is 5.51. The van der Waals surface area contributed by atoms with Crippen molar-refractivity contribution in [3.05, 3.63) is 48.3 Å². The van der Waals surface area contributed by atoms with Crippen LogP contribution < -0.4 is 10.2 Å². The smallest absolute Gasteiger partial charge is 0.417 e. The summed E-state index contributed by atoms with van der Waals surface area (Å²) in [6, 6.07) is 7.44. The summed E-state index contributed by atoms with van der Waals surface area (Å²) in [4.78, 5) is 20.9. The molecule has 0 bridgehead atoms. The van der Waals surface area contributed by atoms with E-state index in [1.807, 2.05) is 6.07 Å². The van der Waals surface area contributed by atoms with Gasteiger partial charge in [-0.05, 0) is 31.0 Å². The van der Waals surface area contributed by atoms with Crippen molar-refractivity contribution in [2.24, 2.45) is 0 Å². The molecule has 4 rings (SSSR count). The van der Waals surface area contributed by atoms with E-state index in [-0.39, 0.29) is 18.9 Å². The van der Waals surface area contributed by atoms with Gasteiger partial charge in [-0.15, -0.1) is 0 Å². The Morgan fingerprint density at radius 3 is 2.48 bits per heavy atom. The fourth-order valence-electron chi connectivity index (χ4n) is 3.62. The predicted octanol–water partition coefficient (Wildman–Crippen LogP) is 2.66. The summed E-state index contributed by atoms with van der Waals surface area (Å²) in [7, 11) is -4.47. The molecule has 2 aliphatic rings. The topological polar surface area (TPSA) is 125 Å². The van der Waals surface area contributed by atoms with Gasteiger partial charge in [-0.2, -0.15) is 18.4 Å². The number of aromatic nitrogens is 2. The second kappa shape index (κ2) is 8.18. The lowest BCUT2D eigenvalue weighted by Crippen LogP contribution is -2.42. The van der Waals surface area contributed by atoms with Crippen LogP contribution in [0.4, 0.5) is 23.9 Å². The molecule has 2 aromatic rings. The Kier molecular flexibility index (Phi) is 5.65. The number of amides is 1. The van der Waals surface area contributed by atoms with E-state index >= 15 is 0 Å². The van der Waals surface area contributed by atoms with Crippen LogP contribution >= 0.6 is 0 Å². The van der Waals surface area contributed by atoms with E-state index in [1.165, 1.54) is 29.4 Å². The van der Waals surface area contributed by atoms with E-state index in [2.05, 4.69) is 15.3 Å². The lowest BCUT2D eigenvalue weighted by Gasteiger charge is -2.24. The highest BCUT2D eigenvalue weighted by Crippen LogP contribution is 2.38. The Labute approximate surface area is 187 Å². The third-order valence-corrected chi connectivity index (χ3v) is 7.70. The molecule has 33 heavy (non-hydrogen) atoms. The molecule has 0 unspecified atom stereocenters. The van der Waals surface area contributed by atoms with Gasteiger partial charge in [-0.1, -0.05) is 12.1 Å². The zero-order valence-corrected chi connectivity index (χ0v) is 17.8. The van der Waals surface area contributed by atoms with Crippen molar-refractivity contribution in [1.29, 1.82) is 5.26 Å². The SMILES string of the molecule is N#CC1(NC(=O)O[C@H]2C[C@@H](S(=O)(=O)c3ccccc3C(F)(F)F)CN2c2ncccn2)CC1. The molecule has 1 aromatic heterocycles. The Balaban J connectivity index is 1.63. The van der Waals surface area contributed by atoms with E-state index in [0.29, 0.717) is 18.9 Å². The van der Waals surface area contributed by atoms with E-state index in [9.17, 15) is 26.4 Å². The summed E-state index contributed by atoms with van der Waals surface area (Å²) < 4.78 is 72.2. The van der Waals surface area contributed by atoms with Crippen molar-refractivity contribution >= 4 is 21.9 Å². The van der Waals surface area contributed by atoms with Crippen LogP contribution in [0.25, 0.3) is 0 Å². The van der Waals surface area contributed by atoms with Gasteiger partial charge in [0.15, 0.2) is 16.1 Å². The first-order valence-electron chi connectivity index (χ1n) is 9.90. The van der Waals surface area contributed by atoms with E-state index in [0.717, 1.165) is 12.1 Å². The molecule has 2 fully saturated rings. The number of carbonyl (C=O) groups is 1. The second-order valence-electron chi connectivity index (χ2n) is 7.78. The van der Waals surface area contributed by atoms with Crippen molar-refractivity contribution < 1.29 is 31.1 Å². The minimum absolute atomic E-state index is 0.0542. The number of nitrogens with one attached hydrogen (secondary N) is 1. The van der Waals surface area contributed by atoms with Crippen LogP contribution in [0.5, 0.6) is 0 Å². The van der Waals surface area contributed by atoms with Crippen LogP contribution in [0.3, 0.4) is 0 Å². The van der Waals surface area contributed by atoms with Crippen LogP contribution in [0.15, 0.2) is 47.6 Å². The number of alkyl halides is 3. The molecule has 1 saturated heterocycles. The zero-order chi connectivity index (χ0) is 23.9. The average Bonchev–Trinajstić information content (AvgIpc) is 3.42. The summed E-state index contributed by atoms with van der Waals surface area (Å²) in [5, 5.41) is 10.3. The number of nitriles is 1. The summed E-state index contributed by atoms with van der Waals surface area (Å²) in [5.74, 6) is 0.0542.